The summed E-state index contributed by atoms with van der Waals surface area (Å²) < 4.78 is 0. The number of rotatable bonds is 4. The lowest BCUT2D eigenvalue weighted by Crippen LogP contribution is -2.29. The van der Waals surface area contributed by atoms with E-state index in [4.69, 9.17) is 0 Å². The van der Waals surface area contributed by atoms with Crippen LogP contribution in [0.5, 0.6) is 0 Å². The maximum atomic E-state index is 13.1. The molecule has 6 heteroatoms. The molecule has 4 rings (SSSR count). The smallest absolute Gasteiger partial charge is 0.335 e. The highest BCUT2D eigenvalue weighted by Crippen LogP contribution is 2.42. The van der Waals surface area contributed by atoms with Crippen LogP contribution in [0.15, 0.2) is 78.4 Å². The van der Waals surface area contributed by atoms with E-state index in [0.29, 0.717) is 11.1 Å². The van der Waals surface area contributed by atoms with Crippen LogP contribution >= 0.6 is 0 Å². The zero-order chi connectivity index (χ0) is 23.0. The van der Waals surface area contributed by atoms with Gasteiger partial charge in [0, 0.05) is 11.3 Å². The van der Waals surface area contributed by atoms with Crippen LogP contribution in [-0.4, -0.2) is 27.9 Å². The van der Waals surface area contributed by atoms with Crippen molar-refractivity contribution in [2.45, 2.75) is 19.9 Å². The fraction of sp³-hybridized carbons (Fsp3) is 0.115. The van der Waals surface area contributed by atoms with Gasteiger partial charge in [-0.15, -0.1) is 0 Å². The van der Waals surface area contributed by atoms with E-state index in [1.54, 1.807) is 30.3 Å². The van der Waals surface area contributed by atoms with Gasteiger partial charge in [-0.3, -0.25) is 14.5 Å². The minimum Gasteiger partial charge on any atom is -0.507 e. The van der Waals surface area contributed by atoms with E-state index in [2.05, 4.69) is 0 Å². The van der Waals surface area contributed by atoms with Crippen LogP contribution in [0.1, 0.15) is 38.7 Å². The summed E-state index contributed by atoms with van der Waals surface area (Å²) in [5.74, 6) is -3.07. The normalized spacial score (nSPS) is 17.6. The highest BCUT2D eigenvalue weighted by molar-refractivity contribution is 6.51. The summed E-state index contributed by atoms with van der Waals surface area (Å²) in [5, 5.41) is 20.5. The van der Waals surface area contributed by atoms with Crippen molar-refractivity contribution < 1.29 is 24.6 Å². The molecule has 0 unspecified atom stereocenters. The van der Waals surface area contributed by atoms with Gasteiger partial charge in [0.25, 0.3) is 11.7 Å². The van der Waals surface area contributed by atoms with Crippen molar-refractivity contribution in [3.63, 3.8) is 0 Å². The molecular formula is C26H21NO5. The lowest BCUT2D eigenvalue weighted by molar-refractivity contribution is -0.132. The molecule has 2 N–H and O–H groups in total. The molecule has 32 heavy (non-hydrogen) atoms. The van der Waals surface area contributed by atoms with Crippen molar-refractivity contribution in [3.05, 3.63) is 106 Å². The number of nitrogens with zero attached hydrogens (tertiary/aromatic N) is 1. The number of anilines is 1. The summed E-state index contributed by atoms with van der Waals surface area (Å²) in [6.07, 6.45) is 0. The number of carboxylic acids is 1. The second kappa shape index (κ2) is 8.15. The van der Waals surface area contributed by atoms with Crippen molar-refractivity contribution in [1.82, 2.24) is 0 Å². The summed E-state index contributed by atoms with van der Waals surface area (Å²) >= 11 is 0. The fourth-order valence-electron chi connectivity index (χ4n) is 3.82. The van der Waals surface area contributed by atoms with Crippen molar-refractivity contribution in [1.29, 1.82) is 0 Å². The lowest BCUT2D eigenvalue weighted by atomic mass is 9.94. The number of carbonyl (C=O) groups is 3. The van der Waals surface area contributed by atoms with Crippen LogP contribution in [0.3, 0.4) is 0 Å². The monoisotopic (exact) mass is 427 g/mol. The fourth-order valence-corrected chi connectivity index (χ4v) is 3.82. The zero-order valence-electron chi connectivity index (χ0n) is 17.6. The molecule has 1 aliphatic heterocycles. The number of benzene rings is 3. The number of aliphatic hydroxyl groups excluding tert-OH is 1. The Labute approximate surface area is 185 Å². The average Bonchev–Trinajstić information content (AvgIpc) is 3.05. The summed E-state index contributed by atoms with van der Waals surface area (Å²) in [6, 6.07) is 19.2. The van der Waals surface area contributed by atoms with Crippen molar-refractivity contribution in [2.24, 2.45) is 0 Å². The van der Waals surface area contributed by atoms with Gasteiger partial charge in [-0.05, 0) is 37.6 Å². The van der Waals surface area contributed by atoms with Crippen LogP contribution < -0.4 is 4.90 Å². The largest absolute Gasteiger partial charge is 0.507 e. The minimum absolute atomic E-state index is 0.00871. The van der Waals surface area contributed by atoms with Gasteiger partial charge in [0.15, 0.2) is 0 Å². The van der Waals surface area contributed by atoms with E-state index in [0.717, 1.165) is 11.1 Å². The van der Waals surface area contributed by atoms with Gasteiger partial charge in [-0.25, -0.2) is 4.79 Å². The Hall–Kier alpha value is -4.19. The first-order valence-corrected chi connectivity index (χ1v) is 10.1. The number of hydrogen-bond donors (Lipinski definition) is 2. The van der Waals surface area contributed by atoms with Gasteiger partial charge in [0.05, 0.1) is 17.2 Å². The molecule has 0 bridgehead atoms. The van der Waals surface area contributed by atoms with E-state index in [1.165, 1.54) is 23.1 Å². The van der Waals surface area contributed by atoms with E-state index in [9.17, 15) is 24.6 Å². The molecule has 0 aliphatic carbocycles. The van der Waals surface area contributed by atoms with Crippen LogP contribution in [-0.2, 0) is 9.59 Å². The molecule has 1 saturated heterocycles. The Morgan fingerprint density at radius 2 is 1.41 bits per heavy atom. The quantitative estimate of drug-likeness (QED) is 0.360. The standard InChI is InChI=1S/C26H21NO5/c1-15-6-10-17(11-7-15)22-21(23(28)18-12-8-16(2)9-13-18)24(29)25(30)27(22)20-5-3-4-19(14-20)26(31)32/h3-14,22,28H,1-2H3,(H,31,32)/t22-/m0/s1. The highest BCUT2D eigenvalue weighted by Gasteiger charge is 2.47. The summed E-state index contributed by atoms with van der Waals surface area (Å²) in [4.78, 5) is 39.0. The Balaban J connectivity index is 1.94. The molecule has 6 nitrogen and oxygen atoms in total. The molecule has 1 amide bonds. The van der Waals surface area contributed by atoms with Crippen molar-refractivity contribution in [3.8, 4) is 0 Å². The third-order valence-electron chi connectivity index (χ3n) is 5.53. The number of amides is 1. The number of carbonyl (C=O) groups excluding carboxylic acids is 2. The number of carboxylic acid groups (broad SMARTS) is 1. The minimum atomic E-state index is -1.14. The Kier molecular flexibility index (Phi) is 5.36. The molecule has 0 spiro atoms. The van der Waals surface area contributed by atoms with E-state index < -0.39 is 23.7 Å². The topological polar surface area (TPSA) is 94.9 Å². The molecule has 1 aliphatic rings. The first-order valence-electron chi connectivity index (χ1n) is 10.1. The number of aliphatic hydroxyl groups is 1. The van der Waals surface area contributed by atoms with E-state index in [-0.39, 0.29) is 22.6 Å². The van der Waals surface area contributed by atoms with Crippen LogP contribution in [0.2, 0.25) is 0 Å². The maximum absolute atomic E-state index is 13.1. The number of aryl methyl sites for hydroxylation is 2. The Morgan fingerprint density at radius 3 is 2.00 bits per heavy atom. The van der Waals surface area contributed by atoms with E-state index >= 15 is 0 Å². The first kappa shape index (κ1) is 21.1. The SMILES string of the molecule is Cc1ccc(C(O)=C2C(=O)C(=O)N(c3cccc(C(=O)O)c3)[C@H]2c2ccc(C)cc2)cc1. The van der Waals surface area contributed by atoms with Crippen molar-refractivity contribution >= 4 is 29.1 Å². The second-order valence-electron chi connectivity index (χ2n) is 7.80. The molecule has 1 fully saturated rings. The molecule has 3 aromatic rings. The van der Waals surface area contributed by atoms with Crippen LogP contribution in [0.25, 0.3) is 5.76 Å². The number of hydrogen-bond acceptors (Lipinski definition) is 4. The second-order valence-corrected chi connectivity index (χ2v) is 7.80. The molecule has 0 saturated carbocycles. The highest BCUT2D eigenvalue weighted by atomic mass is 16.4. The third kappa shape index (κ3) is 3.67. The van der Waals surface area contributed by atoms with Gasteiger partial charge in [-0.2, -0.15) is 0 Å². The predicted octanol–water partition coefficient (Wildman–Crippen LogP) is 4.63. The number of aromatic carboxylic acids is 1. The average molecular weight is 427 g/mol. The molecule has 1 heterocycles. The van der Waals surface area contributed by atoms with Crippen molar-refractivity contribution in [2.75, 3.05) is 4.90 Å². The van der Waals surface area contributed by atoms with Crippen LogP contribution in [0, 0.1) is 13.8 Å². The summed E-state index contributed by atoms with van der Waals surface area (Å²) in [5.41, 5.74) is 3.25. The van der Waals surface area contributed by atoms with Gasteiger partial charge in [0.1, 0.15) is 5.76 Å². The van der Waals surface area contributed by atoms with Crippen LogP contribution in [0.4, 0.5) is 5.69 Å². The van der Waals surface area contributed by atoms with Gasteiger partial charge >= 0.3 is 5.97 Å². The van der Waals surface area contributed by atoms with Gasteiger partial charge in [-0.1, -0.05) is 65.7 Å². The Bertz CT molecular complexity index is 1260. The lowest BCUT2D eigenvalue weighted by Gasteiger charge is -2.25. The molecular weight excluding hydrogens is 406 g/mol. The van der Waals surface area contributed by atoms with E-state index in [1.807, 2.05) is 38.1 Å². The van der Waals surface area contributed by atoms with Gasteiger partial charge < -0.3 is 10.2 Å². The zero-order valence-corrected chi connectivity index (χ0v) is 17.6. The predicted molar refractivity (Wildman–Crippen MR) is 121 cm³/mol. The molecule has 3 aromatic carbocycles. The van der Waals surface area contributed by atoms with Gasteiger partial charge in [0.2, 0.25) is 0 Å². The Morgan fingerprint density at radius 1 is 0.812 bits per heavy atom. The molecule has 0 aromatic heterocycles. The molecule has 0 radical (unpaired) electrons. The number of Topliss-reactive ketones (excluding diaryl/α,β-unsaturated/α-hetero) is 1. The molecule has 1 atom stereocenters. The first-order chi connectivity index (χ1) is 15.3. The molecule has 160 valence electrons. The summed E-state index contributed by atoms with van der Waals surface area (Å²) in [6.45, 7) is 3.83. The third-order valence-corrected chi connectivity index (χ3v) is 5.53. The maximum Gasteiger partial charge on any atom is 0.335 e. The summed E-state index contributed by atoms with van der Waals surface area (Å²) in [7, 11) is 0. The number of ketones is 1.